The Labute approximate surface area is 208 Å². The number of amides is 2. The summed E-state index contributed by atoms with van der Waals surface area (Å²) < 4.78 is 18.0. The van der Waals surface area contributed by atoms with E-state index in [2.05, 4.69) is 4.99 Å². The predicted molar refractivity (Wildman–Crippen MR) is 133 cm³/mol. The lowest BCUT2D eigenvalue weighted by Gasteiger charge is -2.27. The minimum atomic E-state index is -0.376. The van der Waals surface area contributed by atoms with Crippen LogP contribution in [0.1, 0.15) is 36.9 Å². The van der Waals surface area contributed by atoms with Crippen LogP contribution in [-0.2, 0) is 11.3 Å². The molecule has 9 heteroatoms. The molecule has 0 N–H and O–H groups in total. The lowest BCUT2D eigenvalue weighted by atomic mass is 10.1. The molecule has 1 fully saturated rings. The highest BCUT2D eigenvalue weighted by molar-refractivity contribution is 7.09. The lowest BCUT2D eigenvalue weighted by molar-refractivity contribution is 0.0302. The summed E-state index contributed by atoms with van der Waals surface area (Å²) in [5.74, 6) is 0.631. The molecule has 0 unspecified atom stereocenters. The molecule has 2 aromatic carbocycles. The van der Waals surface area contributed by atoms with Crippen molar-refractivity contribution in [3.8, 4) is 11.5 Å². The van der Waals surface area contributed by atoms with Crippen molar-refractivity contribution < 1.29 is 23.8 Å². The zero-order valence-corrected chi connectivity index (χ0v) is 21.2. The first-order valence-electron chi connectivity index (χ1n) is 11.4. The number of morpholine rings is 1. The van der Waals surface area contributed by atoms with Crippen LogP contribution in [0, 0.1) is 13.8 Å². The molecular weight excluding hydrogens is 466 g/mol. The minimum absolute atomic E-state index is 0.00556. The quantitative estimate of drug-likeness (QED) is 0.523. The number of carbonyl (C=O) groups is 2. The van der Waals surface area contributed by atoms with Crippen molar-refractivity contribution in [2.24, 2.45) is 4.99 Å². The summed E-state index contributed by atoms with van der Waals surface area (Å²) in [5, 5.41) is 0. The van der Waals surface area contributed by atoms with Crippen LogP contribution in [0.3, 0.4) is 0 Å². The Hall–Kier alpha value is -3.43. The second-order valence-corrected chi connectivity index (χ2v) is 9.34. The summed E-state index contributed by atoms with van der Waals surface area (Å²) in [4.78, 5) is 34.2. The van der Waals surface area contributed by atoms with Gasteiger partial charge in [0, 0.05) is 34.8 Å². The Morgan fingerprint density at radius 1 is 1.03 bits per heavy atom. The van der Waals surface area contributed by atoms with Crippen LogP contribution in [0.2, 0.25) is 0 Å². The molecule has 0 bridgehead atoms. The van der Waals surface area contributed by atoms with Gasteiger partial charge in [0.2, 0.25) is 0 Å². The molecule has 1 aliphatic rings. The van der Waals surface area contributed by atoms with Crippen LogP contribution in [0.25, 0.3) is 0 Å². The molecule has 2 heterocycles. The van der Waals surface area contributed by atoms with Gasteiger partial charge in [-0.25, -0.2) is 0 Å². The fourth-order valence-electron chi connectivity index (χ4n) is 3.96. The van der Waals surface area contributed by atoms with E-state index in [1.807, 2.05) is 47.6 Å². The number of rotatable bonds is 6. The molecule has 3 aromatic rings. The first-order chi connectivity index (χ1) is 16.9. The van der Waals surface area contributed by atoms with Crippen LogP contribution < -0.4 is 14.3 Å². The van der Waals surface area contributed by atoms with E-state index < -0.39 is 0 Å². The number of aromatic nitrogens is 1. The van der Waals surface area contributed by atoms with E-state index in [0.717, 1.165) is 16.1 Å². The topological polar surface area (TPSA) is 82.4 Å². The molecule has 0 aliphatic carbocycles. The number of nitrogens with zero attached hydrogens (tertiary/aromatic N) is 3. The average Bonchev–Trinajstić information content (AvgIpc) is 3.15. The Morgan fingerprint density at radius 3 is 2.46 bits per heavy atom. The van der Waals surface area contributed by atoms with Crippen molar-refractivity contribution >= 4 is 23.2 Å². The molecule has 2 amide bonds. The molecular formula is C26H29N3O5S. The number of hydrogen-bond donors (Lipinski definition) is 0. The van der Waals surface area contributed by atoms with Crippen molar-refractivity contribution in [3.63, 3.8) is 0 Å². The fraction of sp³-hybridized carbons (Fsp3) is 0.346. The van der Waals surface area contributed by atoms with Gasteiger partial charge in [-0.2, -0.15) is 4.99 Å². The number of benzene rings is 2. The van der Waals surface area contributed by atoms with E-state index in [1.54, 1.807) is 25.3 Å². The normalized spacial score (nSPS) is 14.2. The van der Waals surface area contributed by atoms with Gasteiger partial charge in [-0.3, -0.25) is 9.59 Å². The van der Waals surface area contributed by atoms with E-state index in [9.17, 15) is 9.59 Å². The molecule has 1 aromatic heterocycles. The van der Waals surface area contributed by atoms with E-state index in [1.165, 1.54) is 18.4 Å². The van der Waals surface area contributed by atoms with Crippen molar-refractivity contribution in [2.45, 2.75) is 20.4 Å². The lowest BCUT2D eigenvalue weighted by Crippen LogP contribution is -2.41. The molecule has 0 radical (unpaired) electrons. The number of aryl methyl sites for hydroxylation is 1. The van der Waals surface area contributed by atoms with Gasteiger partial charge in [0.25, 0.3) is 11.8 Å². The third-order valence-electron chi connectivity index (χ3n) is 6.09. The molecule has 0 saturated carbocycles. The molecule has 4 rings (SSSR count). The summed E-state index contributed by atoms with van der Waals surface area (Å²) in [6.45, 7) is 6.69. The monoisotopic (exact) mass is 495 g/mol. The standard InChI is InChI=1S/C26H29N3O5S/c1-17-18(2)35-26(27-24(30)19-9-10-22(32-3)23(15-19)33-4)29(17)16-20-7-5-6-8-21(20)25(31)28-11-13-34-14-12-28/h5-10,15H,11-14,16H2,1-4H3. The molecule has 0 atom stereocenters. The number of hydrogen-bond acceptors (Lipinski definition) is 6. The molecule has 1 saturated heterocycles. The van der Waals surface area contributed by atoms with Gasteiger partial charge in [-0.05, 0) is 43.7 Å². The fourth-order valence-corrected chi connectivity index (χ4v) is 4.94. The highest BCUT2D eigenvalue weighted by atomic mass is 32.1. The Bertz CT molecular complexity index is 1300. The zero-order valence-electron chi connectivity index (χ0n) is 20.4. The third kappa shape index (κ3) is 5.31. The smallest absolute Gasteiger partial charge is 0.279 e. The van der Waals surface area contributed by atoms with Gasteiger partial charge >= 0.3 is 0 Å². The summed E-state index contributed by atoms with van der Waals surface area (Å²) in [6.07, 6.45) is 0. The molecule has 35 heavy (non-hydrogen) atoms. The van der Waals surface area contributed by atoms with Gasteiger partial charge < -0.3 is 23.7 Å². The average molecular weight is 496 g/mol. The van der Waals surface area contributed by atoms with Crippen molar-refractivity contribution in [1.82, 2.24) is 9.47 Å². The van der Waals surface area contributed by atoms with Gasteiger partial charge in [0.1, 0.15) is 0 Å². The van der Waals surface area contributed by atoms with E-state index in [-0.39, 0.29) is 11.8 Å². The number of methoxy groups -OCH3 is 2. The molecule has 1 aliphatic heterocycles. The van der Waals surface area contributed by atoms with Crippen molar-refractivity contribution in [3.05, 3.63) is 74.5 Å². The van der Waals surface area contributed by atoms with E-state index >= 15 is 0 Å². The zero-order chi connectivity index (χ0) is 24.9. The Kier molecular flexibility index (Phi) is 7.67. The number of thiazole rings is 1. The second kappa shape index (κ2) is 10.9. The second-order valence-electron chi connectivity index (χ2n) is 8.16. The minimum Gasteiger partial charge on any atom is -0.493 e. The molecule has 8 nitrogen and oxygen atoms in total. The largest absolute Gasteiger partial charge is 0.493 e. The van der Waals surface area contributed by atoms with Gasteiger partial charge in [-0.15, -0.1) is 11.3 Å². The number of carbonyl (C=O) groups excluding carboxylic acids is 2. The number of ether oxygens (including phenoxy) is 3. The summed E-state index contributed by atoms with van der Waals surface area (Å²) in [5.41, 5.74) is 2.94. The van der Waals surface area contributed by atoms with E-state index in [4.69, 9.17) is 14.2 Å². The SMILES string of the molecule is COc1ccc(C(=O)N=c2sc(C)c(C)n2Cc2ccccc2C(=O)N2CCOCC2)cc1OC. The maximum Gasteiger partial charge on any atom is 0.279 e. The highest BCUT2D eigenvalue weighted by Gasteiger charge is 2.21. The molecule has 184 valence electrons. The Morgan fingerprint density at radius 2 is 1.74 bits per heavy atom. The summed E-state index contributed by atoms with van der Waals surface area (Å²) in [6, 6.07) is 12.6. The van der Waals surface area contributed by atoms with Crippen LogP contribution in [0.15, 0.2) is 47.5 Å². The third-order valence-corrected chi connectivity index (χ3v) is 7.19. The Balaban J connectivity index is 1.68. The van der Waals surface area contributed by atoms with Crippen LogP contribution >= 0.6 is 11.3 Å². The summed E-state index contributed by atoms with van der Waals surface area (Å²) in [7, 11) is 3.07. The van der Waals surface area contributed by atoms with Crippen molar-refractivity contribution in [2.75, 3.05) is 40.5 Å². The van der Waals surface area contributed by atoms with Gasteiger partial charge in [0.05, 0.1) is 34.0 Å². The summed E-state index contributed by atoms with van der Waals surface area (Å²) >= 11 is 1.45. The van der Waals surface area contributed by atoms with Crippen LogP contribution in [0.5, 0.6) is 11.5 Å². The maximum atomic E-state index is 13.2. The molecule has 0 spiro atoms. The van der Waals surface area contributed by atoms with Crippen molar-refractivity contribution in [1.29, 1.82) is 0 Å². The highest BCUT2D eigenvalue weighted by Crippen LogP contribution is 2.28. The van der Waals surface area contributed by atoms with Crippen LogP contribution in [0.4, 0.5) is 0 Å². The predicted octanol–water partition coefficient (Wildman–Crippen LogP) is 3.45. The van der Waals surface area contributed by atoms with E-state index in [0.29, 0.717) is 60.3 Å². The van der Waals surface area contributed by atoms with Crippen LogP contribution in [-0.4, -0.2) is 61.8 Å². The first-order valence-corrected chi connectivity index (χ1v) is 12.2. The maximum absolute atomic E-state index is 13.2. The van der Waals surface area contributed by atoms with Gasteiger partial charge in [-0.1, -0.05) is 18.2 Å². The first kappa shape index (κ1) is 24.7. The van der Waals surface area contributed by atoms with Gasteiger partial charge in [0.15, 0.2) is 16.3 Å².